The fourth-order valence-corrected chi connectivity index (χ4v) is 4.11. The van der Waals surface area contributed by atoms with Gasteiger partial charge in [0.15, 0.2) is 0 Å². The SMILES string of the molecule is Cl[SiH](Cl)c1ccc2c(c1)COC1(CCCCC1)O2. The molecule has 0 atom stereocenters. The van der Waals surface area contributed by atoms with Gasteiger partial charge < -0.3 is 9.47 Å². The molecule has 0 N–H and O–H groups in total. The molecule has 2 aliphatic rings. The second-order valence-electron chi connectivity index (χ2n) is 5.03. The van der Waals surface area contributed by atoms with E-state index in [1.165, 1.54) is 19.3 Å². The second-order valence-corrected chi connectivity index (χ2v) is 9.59. The van der Waals surface area contributed by atoms with Crippen molar-refractivity contribution in [2.45, 2.75) is 44.5 Å². The number of rotatable bonds is 1. The van der Waals surface area contributed by atoms with Gasteiger partial charge in [0, 0.05) is 18.4 Å². The lowest BCUT2D eigenvalue weighted by atomic mass is 9.93. The Morgan fingerprint density at radius 1 is 1.11 bits per heavy atom. The highest BCUT2D eigenvalue weighted by atomic mass is 35.7. The summed E-state index contributed by atoms with van der Waals surface area (Å²) in [6.45, 7) is 0.609. The van der Waals surface area contributed by atoms with Crippen molar-refractivity contribution in [2.75, 3.05) is 0 Å². The Morgan fingerprint density at radius 2 is 1.89 bits per heavy atom. The van der Waals surface area contributed by atoms with Crippen LogP contribution in [0.15, 0.2) is 18.2 Å². The van der Waals surface area contributed by atoms with Crippen molar-refractivity contribution in [1.82, 2.24) is 0 Å². The zero-order chi connectivity index (χ0) is 12.6. The average molecular weight is 303 g/mol. The standard InChI is InChI=1S/C13H16Cl2O2Si/c14-18(15)11-4-5-12-10(8-11)9-16-13(17-12)6-2-1-3-7-13/h4-5,8,18H,1-3,6-7,9H2. The summed E-state index contributed by atoms with van der Waals surface area (Å²) in [6, 6.07) is 6.01. The molecule has 1 aromatic rings. The Morgan fingerprint density at radius 3 is 2.61 bits per heavy atom. The third-order valence-corrected chi connectivity index (χ3v) is 6.11. The summed E-state index contributed by atoms with van der Waals surface area (Å²) in [7, 11) is -1.79. The van der Waals surface area contributed by atoms with Crippen molar-refractivity contribution in [1.29, 1.82) is 0 Å². The molecule has 1 aromatic carbocycles. The predicted molar refractivity (Wildman–Crippen MR) is 76.2 cm³/mol. The van der Waals surface area contributed by atoms with Crippen molar-refractivity contribution < 1.29 is 9.47 Å². The lowest BCUT2D eigenvalue weighted by molar-refractivity contribution is -0.222. The van der Waals surface area contributed by atoms with Crippen LogP contribution in [-0.2, 0) is 11.3 Å². The molecule has 0 bridgehead atoms. The van der Waals surface area contributed by atoms with Crippen LogP contribution in [0.25, 0.3) is 0 Å². The number of hydrogen-bond donors (Lipinski definition) is 0. The van der Waals surface area contributed by atoms with Gasteiger partial charge in [-0.3, -0.25) is 0 Å². The zero-order valence-corrected chi connectivity index (χ0v) is 12.8. The van der Waals surface area contributed by atoms with Crippen LogP contribution in [0.3, 0.4) is 0 Å². The molecule has 1 fully saturated rings. The molecule has 5 heteroatoms. The van der Waals surface area contributed by atoms with E-state index in [1.807, 2.05) is 18.2 Å². The molecule has 1 aliphatic heterocycles. The predicted octanol–water partition coefficient (Wildman–Crippen LogP) is 3.16. The average Bonchev–Trinajstić information content (AvgIpc) is 2.39. The van der Waals surface area contributed by atoms with E-state index in [4.69, 9.17) is 31.6 Å². The third kappa shape index (κ3) is 2.41. The number of fused-ring (bicyclic) bond motifs is 1. The minimum atomic E-state index is -1.79. The maximum Gasteiger partial charge on any atom is 0.266 e. The van der Waals surface area contributed by atoms with Gasteiger partial charge in [-0.05, 0) is 24.1 Å². The van der Waals surface area contributed by atoms with Crippen LogP contribution in [0, 0.1) is 0 Å². The highest BCUT2D eigenvalue weighted by molar-refractivity contribution is 7.39. The molecule has 0 aromatic heterocycles. The zero-order valence-electron chi connectivity index (χ0n) is 10.1. The van der Waals surface area contributed by atoms with E-state index >= 15 is 0 Å². The fraction of sp³-hybridized carbons (Fsp3) is 0.538. The van der Waals surface area contributed by atoms with Gasteiger partial charge in [-0.1, -0.05) is 18.6 Å². The molecule has 0 radical (unpaired) electrons. The first-order chi connectivity index (χ1) is 8.69. The second kappa shape index (κ2) is 5.04. The molecular weight excluding hydrogens is 287 g/mol. The minimum absolute atomic E-state index is 0.370. The lowest BCUT2D eigenvalue weighted by Crippen LogP contribution is -2.43. The van der Waals surface area contributed by atoms with Crippen LogP contribution in [0.1, 0.15) is 37.7 Å². The number of hydrogen-bond acceptors (Lipinski definition) is 2. The summed E-state index contributed by atoms with van der Waals surface area (Å²) in [4.78, 5) is 0. The van der Waals surface area contributed by atoms with E-state index in [9.17, 15) is 0 Å². The normalized spacial score (nSPS) is 21.7. The number of benzene rings is 1. The Kier molecular flexibility index (Phi) is 3.58. The van der Waals surface area contributed by atoms with E-state index in [0.29, 0.717) is 6.61 Å². The van der Waals surface area contributed by atoms with Crippen LogP contribution in [0.5, 0.6) is 5.75 Å². The first-order valence-electron chi connectivity index (χ1n) is 6.42. The van der Waals surface area contributed by atoms with Crippen LogP contribution >= 0.6 is 22.2 Å². The van der Waals surface area contributed by atoms with E-state index in [0.717, 1.165) is 29.3 Å². The first kappa shape index (κ1) is 12.8. The lowest BCUT2D eigenvalue weighted by Gasteiger charge is -2.41. The molecule has 3 rings (SSSR count). The van der Waals surface area contributed by atoms with Gasteiger partial charge in [-0.2, -0.15) is 0 Å². The van der Waals surface area contributed by atoms with Gasteiger partial charge in [0.05, 0.1) is 6.61 Å². The van der Waals surface area contributed by atoms with Crippen LogP contribution in [0.4, 0.5) is 0 Å². The van der Waals surface area contributed by atoms with Gasteiger partial charge >= 0.3 is 0 Å². The molecular formula is C13H16Cl2O2Si. The molecule has 1 spiro atoms. The molecule has 98 valence electrons. The summed E-state index contributed by atoms with van der Waals surface area (Å²) >= 11 is 12.0. The maximum absolute atomic E-state index is 6.10. The maximum atomic E-state index is 6.10. The highest BCUT2D eigenvalue weighted by Gasteiger charge is 2.38. The monoisotopic (exact) mass is 302 g/mol. The Balaban J connectivity index is 1.85. The summed E-state index contributed by atoms with van der Waals surface area (Å²) < 4.78 is 12.1. The molecule has 1 aliphatic carbocycles. The molecule has 2 nitrogen and oxygen atoms in total. The Labute approximate surface area is 118 Å². The van der Waals surface area contributed by atoms with Gasteiger partial charge in [-0.15, -0.1) is 22.2 Å². The largest absolute Gasteiger partial charge is 0.462 e. The minimum Gasteiger partial charge on any atom is -0.462 e. The molecule has 0 saturated heterocycles. The van der Waals surface area contributed by atoms with Crippen LogP contribution in [-0.4, -0.2) is 13.2 Å². The summed E-state index contributed by atoms with van der Waals surface area (Å²) in [5.74, 6) is 0.570. The molecule has 0 amide bonds. The van der Waals surface area contributed by atoms with Crippen molar-refractivity contribution in [3.8, 4) is 5.75 Å². The number of halogens is 2. The van der Waals surface area contributed by atoms with E-state index in [2.05, 4.69) is 0 Å². The van der Waals surface area contributed by atoms with Crippen LogP contribution < -0.4 is 9.92 Å². The van der Waals surface area contributed by atoms with Crippen molar-refractivity contribution >= 4 is 34.8 Å². The molecule has 1 saturated carbocycles. The Bertz CT molecular complexity index is 445. The topological polar surface area (TPSA) is 18.5 Å². The summed E-state index contributed by atoms with van der Waals surface area (Å²) in [5, 5.41) is 1.03. The molecule has 0 unspecified atom stereocenters. The Hall–Kier alpha value is -0.223. The van der Waals surface area contributed by atoms with Crippen molar-refractivity contribution in [2.24, 2.45) is 0 Å². The van der Waals surface area contributed by atoms with Gasteiger partial charge in [-0.25, -0.2) is 0 Å². The summed E-state index contributed by atoms with van der Waals surface area (Å²) in [6.07, 6.45) is 5.65. The van der Waals surface area contributed by atoms with E-state index in [1.54, 1.807) is 0 Å². The quantitative estimate of drug-likeness (QED) is 0.586. The van der Waals surface area contributed by atoms with E-state index in [-0.39, 0.29) is 5.79 Å². The van der Waals surface area contributed by atoms with Gasteiger partial charge in [0.1, 0.15) is 5.75 Å². The van der Waals surface area contributed by atoms with E-state index < -0.39 is 7.42 Å². The number of ether oxygens (including phenoxy) is 2. The van der Waals surface area contributed by atoms with Gasteiger partial charge in [0.2, 0.25) is 5.79 Å². The molecule has 1 heterocycles. The molecule has 18 heavy (non-hydrogen) atoms. The first-order valence-corrected chi connectivity index (χ1v) is 10.5. The van der Waals surface area contributed by atoms with Crippen molar-refractivity contribution in [3.05, 3.63) is 23.8 Å². The third-order valence-electron chi connectivity index (χ3n) is 3.74. The smallest absolute Gasteiger partial charge is 0.266 e. The fourth-order valence-electron chi connectivity index (χ4n) is 2.72. The van der Waals surface area contributed by atoms with Crippen LogP contribution in [0.2, 0.25) is 0 Å². The summed E-state index contributed by atoms with van der Waals surface area (Å²) in [5.41, 5.74) is 1.07. The van der Waals surface area contributed by atoms with Gasteiger partial charge in [0.25, 0.3) is 7.42 Å². The highest BCUT2D eigenvalue weighted by Crippen LogP contribution is 2.39. The van der Waals surface area contributed by atoms with Crippen molar-refractivity contribution in [3.63, 3.8) is 0 Å².